The molecule has 0 unspecified atom stereocenters. The van der Waals surface area contributed by atoms with E-state index >= 15 is 0 Å². The minimum Gasteiger partial charge on any atom is -0.490 e. The molecule has 37 heavy (non-hydrogen) atoms. The fourth-order valence-corrected chi connectivity index (χ4v) is 4.86. The first-order valence-corrected chi connectivity index (χ1v) is 13.2. The van der Waals surface area contributed by atoms with Gasteiger partial charge in [-0.25, -0.2) is 8.42 Å². The van der Waals surface area contributed by atoms with Gasteiger partial charge in [-0.3, -0.25) is 9.52 Å². The number of hydrogen-bond acceptors (Lipinski definition) is 5. The molecule has 0 heterocycles. The molecule has 0 saturated carbocycles. The number of rotatable bonds is 10. The molecule has 0 radical (unpaired) electrons. The molecule has 4 rings (SSSR count). The molecule has 0 atom stereocenters. The summed E-state index contributed by atoms with van der Waals surface area (Å²) in [7, 11) is -3.78. The molecule has 4 aromatic rings. The van der Waals surface area contributed by atoms with E-state index in [-0.39, 0.29) is 10.8 Å². The van der Waals surface area contributed by atoms with Crippen molar-refractivity contribution in [1.82, 2.24) is 0 Å². The highest BCUT2D eigenvalue weighted by Gasteiger charge is 2.17. The first-order valence-electron chi connectivity index (χ1n) is 11.7. The maximum atomic E-state index is 12.9. The van der Waals surface area contributed by atoms with Crippen molar-refractivity contribution < 1.29 is 22.7 Å². The topological polar surface area (TPSA) is 93.7 Å². The van der Waals surface area contributed by atoms with Crippen molar-refractivity contribution >= 4 is 27.3 Å². The molecule has 0 saturated heterocycles. The molecule has 0 fully saturated rings. The highest BCUT2D eigenvalue weighted by atomic mass is 32.2. The van der Waals surface area contributed by atoms with E-state index in [1.807, 2.05) is 62.4 Å². The van der Waals surface area contributed by atoms with E-state index in [1.54, 1.807) is 36.4 Å². The number of para-hydroxylation sites is 2. The van der Waals surface area contributed by atoms with E-state index in [0.717, 1.165) is 16.9 Å². The van der Waals surface area contributed by atoms with Crippen molar-refractivity contribution in [3.63, 3.8) is 0 Å². The van der Waals surface area contributed by atoms with Crippen molar-refractivity contribution in [2.24, 2.45) is 0 Å². The molecular formula is C29H28N2O5S. The molecule has 1 amide bonds. The van der Waals surface area contributed by atoms with E-state index in [9.17, 15) is 13.2 Å². The second-order valence-corrected chi connectivity index (χ2v) is 10.1. The molecule has 0 aliphatic carbocycles. The van der Waals surface area contributed by atoms with Gasteiger partial charge in [0.05, 0.1) is 10.6 Å². The summed E-state index contributed by atoms with van der Waals surface area (Å²) in [6.07, 6.45) is 0. The number of carbonyl (C=O) groups excluding carboxylic acids is 1. The maximum Gasteiger partial charge on any atom is 0.261 e. The number of aryl methyl sites for hydroxylation is 2. The standard InChI is InChI=1S/C29H28N2O5S/c1-21-8-6-9-22(2)28(21)31-37(33,34)27-16-14-24(15-17-27)30-29(32)23-10-7-13-26(20-23)36-19-18-35-25-11-4-3-5-12-25/h3-17,20,31H,18-19H2,1-2H3,(H,30,32). The summed E-state index contributed by atoms with van der Waals surface area (Å²) in [4.78, 5) is 12.9. The second kappa shape index (κ2) is 11.6. The number of hydrogen-bond donors (Lipinski definition) is 2. The predicted molar refractivity (Wildman–Crippen MR) is 145 cm³/mol. The summed E-state index contributed by atoms with van der Waals surface area (Å²) in [5.74, 6) is 0.970. The van der Waals surface area contributed by atoms with E-state index in [1.165, 1.54) is 12.1 Å². The third-order valence-electron chi connectivity index (χ3n) is 5.60. The molecule has 2 N–H and O–H groups in total. The summed E-state index contributed by atoms with van der Waals surface area (Å²) in [6.45, 7) is 4.39. The number of anilines is 2. The summed E-state index contributed by atoms with van der Waals surface area (Å²) in [5.41, 5.74) is 3.12. The second-order valence-electron chi connectivity index (χ2n) is 8.39. The zero-order valence-electron chi connectivity index (χ0n) is 20.6. The van der Waals surface area contributed by atoms with Crippen molar-refractivity contribution in [3.8, 4) is 11.5 Å². The lowest BCUT2D eigenvalue weighted by atomic mass is 10.1. The van der Waals surface area contributed by atoms with Crippen LogP contribution in [0.15, 0.2) is 102 Å². The van der Waals surface area contributed by atoms with Crippen LogP contribution in [0.4, 0.5) is 11.4 Å². The van der Waals surface area contributed by atoms with Crippen molar-refractivity contribution in [2.45, 2.75) is 18.7 Å². The van der Waals surface area contributed by atoms with Gasteiger partial charge in [0, 0.05) is 11.3 Å². The average Bonchev–Trinajstić information content (AvgIpc) is 2.90. The van der Waals surface area contributed by atoms with E-state index < -0.39 is 10.0 Å². The van der Waals surface area contributed by atoms with Gasteiger partial charge in [-0.05, 0) is 79.6 Å². The molecule has 0 bridgehead atoms. The molecule has 0 aliphatic rings. The number of benzene rings is 4. The van der Waals surface area contributed by atoms with Crippen LogP contribution < -0.4 is 19.5 Å². The quantitative estimate of drug-likeness (QED) is 0.259. The fourth-order valence-electron chi connectivity index (χ4n) is 3.65. The van der Waals surface area contributed by atoms with Gasteiger partial charge < -0.3 is 14.8 Å². The van der Waals surface area contributed by atoms with E-state index in [2.05, 4.69) is 10.0 Å². The highest BCUT2D eigenvalue weighted by Crippen LogP contribution is 2.24. The molecule has 4 aromatic carbocycles. The Kier molecular flexibility index (Phi) is 8.10. The van der Waals surface area contributed by atoms with Gasteiger partial charge in [-0.1, -0.05) is 42.5 Å². The molecular weight excluding hydrogens is 488 g/mol. The minimum absolute atomic E-state index is 0.0984. The van der Waals surface area contributed by atoms with E-state index in [0.29, 0.717) is 35.9 Å². The molecule has 8 heteroatoms. The number of sulfonamides is 1. The lowest BCUT2D eigenvalue weighted by Crippen LogP contribution is -2.15. The molecule has 0 aromatic heterocycles. The Labute approximate surface area is 217 Å². The minimum atomic E-state index is -3.78. The van der Waals surface area contributed by atoms with Crippen LogP contribution in [-0.4, -0.2) is 27.5 Å². The Bertz CT molecular complexity index is 1450. The SMILES string of the molecule is Cc1cccc(C)c1NS(=O)(=O)c1ccc(NC(=O)c2cccc(OCCOc3ccccc3)c2)cc1. The number of amides is 1. The largest absolute Gasteiger partial charge is 0.490 e. The number of ether oxygens (including phenoxy) is 2. The maximum absolute atomic E-state index is 12.9. The van der Waals surface area contributed by atoms with Crippen molar-refractivity contribution in [1.29, 1.82) is 0 Å². The Hall–Kier alpha value is -4.30. The van der Waals surface area contributed by atoms with Crippen LogP contribution in [0.25, 0.3) is 0 Å². The molecule has 0 aliphatic heterocycles. The van der Waals surface area contributed by atoms with Crippen LogP contribution >= 0.6 is 0 Å². The van der Waals surface area contributed by atoms with Crippen LogP contribution in [0.1, 0.15) is 21.5 Å². The Morgan fingerprint density at radius 2 is 1.32 bits per heavy atom. The van der Waals surface area contributed by atoms with Crippen LogP contribution in [0, 0.1) is 13.8 Å². The van der Waals surface area contributed by atoms with Gasteiger partial charge >= 0.3 is 0 Å². The first-order chi connectivity index (χ1) is 17.8. The average molecular weight is 517 g/mol. The molecule has 190 valence electrons. The summed E-state index contributed by atoms with van der Waals surface area (Å²) >= 11 is 0. The zero-order valence-corrected chi connectivity index (χ0v) is 21.4. The van der Waals surface area contributed by atoms with Gasteiger partial charge in [-0.2, -0.15) is 0 Å². The first kappa shape index (κ1) is 25.8. The third-order valence-corrected chi connectivity index (χ3v) is 6.97. The summed E-state index contributed by atoms with van der Waals surface area (Å²) < 4.78 is 39.7. The zero-order chi connectivity index (χ0) is 26.3. The highest BCUT2D eigenvalue weighted by molar-refractivity contribution is 7.92. The lowest BCUT2D eigenvalue weighted by Gasteiger charge is -2.13. The Morgan fingerprint density at radius 1 is 0.730 bits per heavy atom. The monoisotopic (exact) mass is 516 g/mol. The predicted octanol–water partition coefficient (Wildman–Crippen LogP) is 5.81. The van der Waals surface area contributed by atoms with Gasteiger partial charge in [0.1, 0.15) is 24.7 Å². The van der Waals surface area contributed by atoms with Gasteiger partial charge in [0.2, 0.25) is 0 Å². The summed E-state index contributed by atoms with van der Waals surface area (Å²) in [6, 6.07) is 27.9. The smallest absolute Gasteiger partial charge is 0.261 e. The van der Waals surface area contributed by atoms with Crippen LogP contribution in [-0.2, 0) is 10.0 Å². The Balaban J connectivity index is 1.34. The van der Waals surface area contributed by atoms with Crippen LogP contribution in [0.3, 0.4) is 0 Å². The van der Waals surface area contributed by atoms with Crippen LogP contribution in [0.2, 0.25) is 0 Å². The number of carbonyl (C=O) groups is 1. The van der Waals surface area contributed by atoms with Gasteiger partial charge in [0.15, 0.2) is 0 Å². The Morgan fingerprint density at radius 3 is 2.00 bits per heavy atom. The third kappa shape index (κ3) is 6.89. The fraction of sp³-hybridized carbons (Fsp3) is 0.138. The van der Waals surface area contributed by atoms with Crippen molar-refractivity contribution in [2.75, 3.05) is 23.3 Å². The van der Waals surface area contributed by atoms with Gasteiger partial charge in [0.25, 0.3) is 15.9 Å². The number of nitrogens with one attached hydrogen (secondary N) is 2. The van der Waals surface area contributed by atoms with E-state index in [4.69, 9.17) is 9.47 Å². The lowest BCUT2D eigenvalue weighted by molar-refractivity contribution is 0.102. The summed E-state index contributed by atoms with van der Waals surface area (Å²) in [5, 5.41) is 2.79. The van der Waals surface area contributed by atoms with Crippen LogP contribution in [0.5, 0.6) is 11.5 Å². The molecule has 0 spiro atoms. The van der Waals surface area contributed by atoms with Gasteiger partial charge in [-0.15, -0.1) is 0 Å². The van der Waals surface area contributed by atoms with Crippen molar-refractivity contribution in [3.05, 3.63) is 114 Å². The molecule has 7 nitrogen and oxygen atoms in total. The normalized spacial score (nSPS) is 11.0.